The second-order valence-electron chi connectivity index (χ2n) is 8.58. The van der Waals surface area contributed by atoms with E-state index in [1.807, 2.05) is 44.2 Å². The molecule has 0 saturated heterocycles. The third-order valence-electron chi connectivity index (χ3n) is 6.19. The van der Waals surface area contributed by atoms with Crippen LogP contribution in [0.4, 0.5) is 5.82 Å². The number of hydrogen-bond acceptors (Lipinski definition) is 5. The molecule has 1 amide bonds. The van der Waals surface area contributed by atoms with Crippen molar-refractivity contribution in [1.82, 2.24) is 24.8 Å². The number of hydrogen-bond donors (Lipinski definition) is 3. The molecule has 33 heavy (non-hydrogen) atoms. The lowest BCUT2D eigenvalue weighted by molar-refractivity contribution is -0.124. The number of anilines is 1. The Hall–Kier alpha value is -3.94. The van der Waals surface area contributed by atoms with Gasteiger partial charge in [-0.1, -0.05) is 29.8 Å². The van der Waals surface area contributed by atoms with E-state index in [-0.39, 0.29) is 23.3 Å². The molecule has 2 atom stereocenters. The van der Waals surface area contributed by atoms with Crippen LogP contribution in [0.25, 0.3) is 10.9 Å². The molecule has 0 radical (unpaired) electrons. The minimum absolute atomic E-state index is 0.0890. The summed E-state index contributed by atoms with van der Waals surface area (Å²) in [5.74, 6) is 0.0899. The van der Waals surface area contributed by atoms with E-state index in [9.17, 15) is 9.59 Å². The topological polar surface area (TPSA) is 105 Å². The maximum atomic E-state index is 13.2. The van der Waals surface area contributed by atoms with Gasteiger partial charge in [0.15, 0.2) is 5.82 Å². The Bertz CT molecular complexity index is 1360. The zero-order valence-corrected chi connectivity index (χ0v) is 18.6. The first-order chi connectivity index (χ1) is 16.0. The molecule has 1 aliphatic heterocycles. The summed E-state index contributed by atoms with van der Waals surface area (Å²) in [6.07, 6.45) is 6.43. The van der Waals surface area contributed by atoms with Crippen molar-refractivity contribution >= 4 is 22.6 Å². The highest BCUT2D eigenvalue weighted by Gasteiger charge is 2.30. The summed E-state index contributed by atoms with van der Waals surface area (Å²) < 4.78 is 1.59. The predicted octanol–water partition coefficient (Wildman–Crippen LogP) is 3.40. The van der Waals surface area contributed by atoms with Gasteiger partial charge >= 0.3 is 0 Å². The minimum atomic E-state index is -0.545. The van der Waals surface area contributed by atoms with Crippen LogP contribution in [-0.4, -0.2) is 25.4 Å². The molecule has 0 fully saturated rings. The molecule has 1 aromatic carbocycles. The van der Waals surface area contributed by atoms with Gasteiger partial charge in [0.1, 0.15) is 6.04 Å². The molecule has 168 valence electrons. The normalized spacial score (nSPS) is 15.9. The molecule has 3 aromatic heterocycles. The minimum Gasteiger partial charge on any atom is -0.359 e. The summed E-state index contributed by atoms with van der Waals surface area (Å²) in [5, 5.41) is 7.19. The number of carbonyl (C=O) groups is 1. The third kappa shape index (κ3) is 4.11. The predicted molar refractivity (Wildman–Crippen MR) is 127 cm³/mol. The van der Waals surface area contributed by atoms with Crippen molar-refractivity contribution in [3.8, 4) is 0 Å². The number of fused-ring (bicyclic) bond motifs is 2. The monoisotopic (exact) mass is 442 g/mol. The number of amides is 1. The van der Waals surface area contributed by atoms with Crippen molar-refractivity contribution in [3.05, 3.63) is 87.9 Å². The Morgan fingerprint density at radius 1 is 1.27 bits per heavy atom. The number of nitrogens with one attached hydrogen (secondary N) is 3. The number of benzene rings is 1. The Morgan fingerprint density at radius 2 is 2.15 bits per heavy atom. The maximum Gasteiger partial charge on any atom is 0.294 e. The van der Waals surface area contributed by atoms with Crippen molar-refractivity contribution in [2.75, 3.05) is 5.32 Å². The summed E-state index contributed by atoms with van der Waals surface area (Å²) >= 11 is 0. The smallest absolute Gasteiger partial charge is 0.294 e. The average molecular weight is 443 g/mol. The van der Waals surface area contributed by atoms with Gasteiger partial charge in [-0.25, -0.2) is 4.98 Å². The van der Waals surface area contributed by atoms with Crippen LogP contribution in [0.2, 0.25) is 0 Å². The van der Waals surface area contributed by atoms with Crippen LogP contribution in [0.1, 0.15) is 47.9 Å². The number of aromatic amines is 1. The molecule has 0 unspecified atom stereocenters. The first-order valence-electron chi connectivity index (χ1n) is 11.1. The van der Waals surface area contributed by atoms with Crippen LogP contribution in [0.3, 0.4) is 0 Å². The number of rotatable bonds is 6. The first-order valence-corrected chi connectivity index (χ1v) is 11.1. The van der Waals surface area contributed by atoms with E-state index < -0.39 is 6.04 Å². The molecule has 0 spiro atoms. The number of aromatic nitrogens is 4. The summed E-state index contributed by atoms with van der Waals surface area (Å²) in [6.45, 7) is 4.39. The second-order valence-corrected chi connectivity index (χ2v) is 8.58. The number of nitrogens with zero attached hydrogens (tertiary/aromatic N) is 3. The average Bonchev–Trinajstić information content (AvgIpc) is 3.43. The lowest BCUT2D eigenvalue weighted by atomic mass is 10.1. The molecule has 4 aromatic rings. The van der Waals surface area contributed by atoms with Crippen molar-refractivity contribution in [2.45, 2.75) is 45.3 Å². The van der Waals surface area contributed by atoms with Gasteiger partial charge in [0, 0.05) is 40.9 Å². The summed E-state index contributed by atoms with van der Waals surface area (Å²) in [6, 6.07) is 11.4. The molecule has 8 heteroatoms. The first kappa shape index (κ1) is 20.9. The molecule has 1 aliphatic rings. The Balaban J connectivity index is 1.32. The standard InChI is InChI=1S/C25H26N6O2/c1-15-4-3-5-17(10-15)16(2)29-23-25(33)31-20(14-27-23)6-7-22(31)24(32)28-13-19-11-18-12-26-9-8-21(18)30-19/h3-5,8-12,14,16,22,30H,6-7,13H2,1-2H3,(H,27,29)(H,28,32)/t16-,22-/m0/s1. The van der Waals surface area contributed by atoms with E-state index in [4.69, 9.17) is 0 Å². The van der Waals surface area contributed by atoms with E-state index in [1.165, 1.54) is 0 Å². The third-order valence-corrected chi connectivity index (χ3v) is 6.19. The zero-order valence-electron chi connectivity index (χ0n) is 18.6. The maximum absolute atomic E-state index is 13.2. The number of aryl methyl sites for hydroxylation is 2. The molecule has 4 heterocycles. The molecule has 0 saturated carbocycles. The van der Waals surface area contributed by atoms with E-state index in [2.05, 4.69) is 31.7 Å². The largest absolute Gasteiger partial charge is 0.359 e. The molecule has 0 bridgehead atoms. The molecule has 0 aliphatic carbocycles. The van der Waals surface area contributed by atoms with Gasteiger partial charge in [0.05, 0.1) is 12.6 Å². The van der Waals surface area contributed by atoms with Crippen LogP contribution < -0.4 is 16.2 Å². The number of H-pyrrole nitrogens is 1. The van der Waals surface area contributed by atoms with Gasteiger partial charge in [-0.3, -0.25) is 19.1 Å². The van der Waals surface area contributed by atoms with Gasteiger partial charge in [0.25, 0.3) is 5.56 Å². The lowest BCUT2D eigenvalue weighted by Crippen LogP contribution is -2.36. The van der Waals surface area contributed by atoms with Crippen LogP contribution in [0.15, 0.2) is 59.8 Å². The van der Waals surface area contributed by atoms with Crippen LogP contribution >= 0.6 is 0 Å². The van der Waals surface area contributed by atoms with E-state index in [0.29, 0.717) is 19.4 Å². The van der Waals surface area contributed by atoms with Crippen molar-refractivity contribution in [2.24, 2.45) is 0 Å². The Labute approximate surface area is 191 Å². The second kappa shape index (κ2) is 8.54. The van der Waals surface area contributed by atoms with Crippen molar-refractivity contribution in [1.29, 1.82) is 0 Å². The SMILES string of the molecule is Cc1cccc([C@H](C)Nc2ncc3n(c2=O)[C@H](C(=O)NCc2cc4cnccc4[nH]2)CC3)c1. The zero-order chi connectivity index (χ0) is 22.9. The van der Waals surface area contributed by atoms with Crippen LogP contribution in [-0.2, 0) is 17.8 Å². The fraction of sp³-hybridized carbons (Fsp3) is 0.280. The van der Waals surface area contributed by atoms with Crippen LogP contribution in [0, 0.1) is 6.92 Å². The van der Waals surface area contributed by atoms with Crippen molar-refractivity contribution < 1.29 is 4.79 Å². The van der Waals surface area contributed by atoms with Gasteiger partial charge in [-0.05, 0) is 44.4 Å². The fourth-order valence-electron chi connectivity index (χ4n) is 4.44. The molecular formula is C25H26N6O2. The lowest BCUT2D eigenvalue weighted by Gasteiger charge is -2.18. The Kier molecular flexibility index (Phi) is 5.42. The van der Waals surface area contributed by atoms with E-state index in [0.717, 1.165) is 33.4 Å². The van der Waals surface area contributed by atoms with Gasteiger partial charge in [-0.15, -0.1) is 0 Å². The molecular weight excluding hydrogens is 416 g/mol. The quantitative estimate of drug-likeness (QED) is 0.425. The number of pyridine rings is 1. The van der Waals surface area contributed by atoms with Gasteiger partial charge in [0.2, 0.25) is 5.91 Å². The van der Waals surface area contributed by atoms with Gasteiger partial charge in [-0.2, -0.15) is 0 Å². The molecule has 5 rings (SSSR count). The van der Waals surface area contributed by atoms with E-state index >= 15 is 0 Å². The van der Waals surface area contributed by atoms with Gasteiger partial charge < -0.3 is 15.6 Å². The van der Waals surface area contributed by atoms with Crippen molar-refractivity contribution in [3.63, 3.8) is 0 Å². The van der Waals surface area contributed by atoms with E-state index in [1.54, 1.807) is 23.2 Å². The highest BCUT2D eigenvalue weighted by molar-refractivity contribution is 5.82. The summed E-state index contributed by atoms with van der Waals surface area (Å²) in [5.41, 5.74) is 4.61. The highest BCUT2D eigenvalue weighted by Crippen LogP contribution is 2.25. The summed E-state index contributed by atoms with van der Waals surface area (Å²) in [4.78, 5) is 38.0. The van der Waals surface area contributed by atoms with Crippen LogP contribution in [0.5, 0.6) is 0 Å². The Morgan fingerprint density at radius 3 is 2.97 bits per heavy atom. The molecule has 3 N–H and O–H groups in total. The fourth-order valence-corrected chi connectivity index (χ4v) is 4.44. The highest BCUT2D eigenvalue weighted by atomic mass is 16.2. The number of carbonyl (C=O) groups excluding carboxylic acids is 1. The molecule has 8 nitrogen and oxygen atoms in total. The summed E-state index contributed by atoms with van der Waals surface area (Å²) in [7, 11) is 0.